The quantitative estimate of drug-likeness (QED) is 0.357. The van der Waals surface area contributed by atoms with Gasteiger partial charge in [-0.1, -0.05) is 24.8 Å². The van der Waals surface area contributed by atoms with Crippen LogP contribution in [0.3, 0.4) is 0 Å². The SMILES string of the molecule is C=CCOc1ccc(C2C(CCC(=O)OCC)C(=O)N2c2ccc(F)cc2)cc1. The summed E-state index contributed by atoms with van der Waals surface area (Å²) in [6.45, 7) is 6.10. The van der Waals surface area contributed by atoms with Gasteiger partial charge in [-0.05, 0) is 55.3 Å². The van der Waals surface area contributed by atoms with Gasteiger partial charge < -0.3 is 14.4 Å². The van der Waals surface area contributed by atoms with Crippen LogP contribution in [0.1, 0.15) is 31.4 Å². The lowest BCUT2D eigenvalue weighted by Gasteiger charge is -2.47. The van der Waals surface area contributed by atoms with Crippen LogP contribution >= 0.6 is 0 Å². The highest BCUT2D eigenvalue weighted by Gasteiger charge is 2.48. The molecule has 1 amide bonds. The molecule has 0 bridgehead atoms. The fourth-order valence-corrected chi connectivity index (χ4v) is 3.52. The van der Waals surface area contributed by atoms with E-state index in [4.69, 9.17) is 9.47 Å². The average molecular weight is 397 g/mol. The number of nitrogens with zero attached hydrogens (tertiary/aromatic N) is 1. The number of carbonyl (C=O) groups excluding carboxylic acids is 2. The van der Waals surface area contributed by atoms with Gasteiger partial charge in [-0.3, -0.25) is 9.59 Å². The summed E-state index contributed by atoms with van der Waals surface area (Å²) in [7, 11) is 0. The van der Waals surface area contributed by atoms with Crippen molar-refractivity contribution in [2.24, 2.45) is 5.92 Å². The van der Waals surface area contributed by atoms with E-state index in [0.29, 0.717) is 31.1 Å². The summed E-state index contributed by atoms with van der Waals surface area (Å²) in [4.78, 5) is 26.3. The number of esters is 1. The third-order valence-electron chi connectivity index (χ3n) is 4.87. The van der Waals surface area contributed by atoms with E-state index in [1.165, 1.54) is 12.1 Å². The third kappa shape index (κ3) is 4.65. The molecule has 0 spiro atoms. The van der Waals surface area contributed by atoms with Crippen molar-refractivity contribution in [2.45, 2.75) is 25.8 Å². The molecule has 2 unspecified atom stereocenters. The maximum absolute atomic E-state index is 13.3. The maximum Gasteiger partial charge on any atom is 0.305 e. The van der Waals surface area contributed by atoms with E-state index >= 15 is 0 Å². The summed E-state index contributed by atoms with van der Waals surface area (Å²) in [5, 5.41) is 0. The van der Waals surface area contributed by atoms with Gasteiger partial charge in [0.15, 0.2) is 0 Å². The van der Waals surface area contributed by atoms with Gasteiger partial charge in [0.05, 0.1) is 18.6 Å². The molecule has 0 saturated carbocycles. The van der Waals surface area contributed by atoms with Gasteiger partial charge in [-0.2, -0.15) is 0 Å². The lowest BCUT2D eigenvalue weighted by molar-refractivity contribution is -0.144. The molecule has 1 fully saturated rings. The summed E-state index contributed by atoms with van der Waals surface area (Å²) < 4.78 is 23.8. The summed E-state index contributed by atoms with van der Waals surface area (Å²) in [5.74, 6) is -0.397. The van der Waals surface area contributed by atoms with Crippen LogP contribution in [0.15, 0.2) is 61.2 Å². The highest BCUT2D eigenvalue weighted by atomic mass is 19.1. The zero-order chi connectivity index (χ0) is 20.8. The predicted molar refractivity (Wildman–Crippen MR) is 108 cm³/mol. The lowest BCUT2D eigenvalue weighted by Crippen LogP contribution is -2.55. The Bertz CT molecular complexity index is 863. The summed E-state index contributed by atoms with van der Waals surface area (Å²) >= 11 is 0. The Balaban J connectivity index is 1.82. The van der Waals surface area contributed by atoms with Gasteiger partial charge in [0.1, 0.15) is 18.2 Å². The number of amides is 1. The van der Waals surface area contributed by atoms with Crippen molar-refractivity contribution in [3.8, 4) is 5.75 Å². The molecular formula is C23H24FNO4. The Kier molecular flexibility index (Phi) is 6.65. The molecule has 1 aliphatic rings. The van der Waals surface area contributed by atoms with Crippen LogP contribution in [0, 0.1) is 11.7 Å². The number of ether oxygens (including phenoxy) is 2. The molecule has 1 aliphatic heterocycles. The van der Waals surface area contributed by atoms with Crippen molar-refractivity contribution in [1.82, 2.24) is 0 Å². The number of halogens is 1. The Labute approximate surface area is 169 Å². The average Bonchev–Trinajstić information content (AvgIpc) is 2.72. The molecule has 29 heavy (non-hydrogen) atoms. The largest absolute Gasteiger partial charge is 0.490 e. The molecule has 0 aromatic heterocycles. The lowest BCUT2D eigenvalue weighted by atomic mass is 9.79. The molecule has 2 aromatic carbocycles. The van der Waals surface area contributed by atoms with E-state index < -0.39 is 0 Å². The number of anilines is 1. The monoisotopic (exact) mass is 397 g/mol. The van der Waals surface area contributed by atoms with Gasteiger partial charge >= 0.3 is 5.97 Å². The zero-order valence-electron chi connectivity index (χ0n) is 16.3. The first-order valence-corrected chi connectivity index (χ1v) is 9.63. The van der Waals surface area contributed by atoms with Crippen molar-refractivity contribution in [2.75, 3.05) is 18.1 Å². The molecule has 1 heterocycles. The number of hydrogen-bond acceptors (Lipinski definition) is 4. The topological polar surface area (TPSA) is 55.8 Å². The van der Waals surface area contributed by atoms with Crippen molar-refractivity contribution < 1.29 is 23.5 Å². The molecular weight excluding hydrogens is 373 g/mol. The van der Waals surface area contributed by atoms with Crippen molar-refractivity contribution in [3.63, 3.8) is 0 Å². The molecule has 0 radical (unpaired) electrons. The molecule has 0 N–H and O–H groups in total. The molecule has 3 rings (SSSR count). The Hall–Kier alpha value is -3.15. The van der Waals surface area contributed by atoms with E-state index in [1.54, 1.807) is 30.0 Å². The first kappa shape index (κ1) is 20.6. The standard InChI is InChI=1S/C23H24FNO4/c1-3-15-29-19-11-5-16(6-12-19)22-20(13-14-21(26)28-4-2)23(27)25(22)18-9-7-17(24)8-10-18/h3,5-12,20,22H,1,4,13-15H2,2H3. The van der Waals surface area contributed by atoms with Gasteiger partial charge in [-0.25, -0.2) is 4.39 Å². The van der Waals surface area contributed by atoms with Crippen LogP contribution in [0.2, 0.25) is 0 Å². The molecule has 2 aromatic rings. The van der Waals surface area contributed by atoms with Gasteiger partial charge in [0.25, 0.3) is 0 Å². The van der Waals surface area contributed by atoms with E-state index in [0.717, 1.165) is 5.56 Å². The normalized spacial score (nSPS) is 18.1. The Morgan fingerprint density at radius 3 is 2.48 bits per heavy atom. The maximum atomic E-state index is 13.3. The van der Waals surface area contributed by atoms with Crippen LogP contribution < -0.4 is 9.64 Å². The van der Waals surface area contributed by atoms with Crippen molar-refractivity contribution in [1.29, 1.82) is 0 Å². The first-order chi connectivity index (χ1) is 14.0. The second-order valence-corrected chi connectivity index (χ2v) is 6.75. The highest BCUT2D eigenvalue weighted by Crippen LogP contribution is 2.45. The Morgan fingerprint density at radius 2 is 1.86 bits per heavy atom. The van der Waals surface area contributed by atoms with Gasteiger partial charge in [-0.15, -0.1) is 0 Å². The van der Waals surface area contributed by atoms with E-state index in [9.17, 15) is 14.0 Å². The van der Waals surface area contributed by atoms with Gasteiger partial charge in [0.2, 0.25) is 5.91 Å². The van der Waals surface area contributed by atoms with Crippen LogP contribution in [0.4, 0.5) is 10.1 Å². The van der Waals surface area contributed by atoms with Crippen LogP contribution in [0.5, 0.6) is 5.75 Å². The number of β-lactam (4-membered cyclic amide) rings is 1. The minimum Gasteiger partial charge on any atom is -0.490 e. The smallest absolute Gasteiger partial charge is 0.305 e. The fourth-order valence-electron chi connectivity index (χ4n) is 3.52. The molecule has 0 aliphatic carbocycles. The predicted octanol–water partition coefficient (Wildman–Crippen LogP) is 4.44. The summed E-state index contributed by atoms with van der Waals surface area (Å²) in [5.41, 5.74) is 1.55. The molecule has 1 saturated heterocycles. The number of carbonyl (C=O) groups is 2. The number of hydrogen-bond donors (Lipinski definition) is 0. The molecule has 2 atom stereocenters. The zero-order valence-corrected chi connectivity index (χ0v) is 16.3. The van der Waals surface area contributed by atoms with Gasteiger partial charge in [0, 0.05) is 12.1 Å². The van der Waals surface area contributed by atoms with Crippen molar-refractivity contribution in [3.05, 3.63) is 72.6 Å². The van der Waals surface area contributed by atoms with Crippen LogP contribution in [0.25, 0.3) is 0 Å². The number of rotatable bonds is 9. The fraction of sp³-hybridized carbons (Fsp3) is 0.304. The summed E-state index contributed by atoms with van der Waals surface area (Å²) in [6.07, 6.45) is 2.24. The minimum atomic E-state index is -0.360. The summed E-state index contributed by atoms with van der Waals surface area (Å²) in [6, 6.07) is 13.1. The highest BCUT2D eigenvalue weighted by molar-refractivity contribution is 6.03. The van der Waals surface area contributed by atoms with Crippen LogP contribution in [-0.4, -0.2) is 25.1 Å². The molecule has 6 heteroatoms. The van der Waals surface area contributed by atoms with E-state index in [1.807, 2.05) is 24.3 Å². The number of benzene rings is 2. The minimum absolute atomic E-state index is 0.0853. The van der Waals surface area contributed by atoms with Crippen LogP contribution in [-0.2, 0) is 14.3 Å². The van der Waals surface area contributed by atoms with E-state index in [2.05, 4.69) is 6.58 Å². The first-order valence-electron chi connectivity index (χ1n) is 9.63. The van der Waals surface area contributed by atoms with E-state index in [-0.39, 0.29) is 36.1 Å². The molecule has 152 valence electrons. The molecule has 5 nitrogen and oxygen atoms in total. The third-order valence-corrected chi connectivity index (χ3v) is 4.87. The van der Waals surface area contributed by atoms with Crippen molar-refractivity contribution >= 4 is 17.6 Å². The second kappa shape index (κ2) is 9.37. The second-order valence-electron chi connectivity index (χ2n) is 6.75. The Morgan fingerprint density at radius 1 is 1.17 bits per heavy atom.